The number of anilines is 1. The molecule has 110 valence electrons. The minimum Gasteiger partial charge on any atom is -0.478 e. The third kappa shape index (κ3) is 4.83. The van der Waals surface area contributed by atoms with Gasteiger partial charge in [-0.05, 0) is 19.1 Å². The summed E-state index contributed by atoms with van der Waals surface area (Å²) in [5, 5.41) is 14.4. The summed E-state index contributed by atoms with van der Waals surface area (Å²) < 4.78 is 0. The minimum absolute atomic E-state index is 0.0888. The lowest BCUT2D eigenvalue weighted by molar-refractivity contribution is -0.113. The van der Waals surface area contributed by atoms with Crippen LogP contribution in [0.3, 0.4) is 0 Å². The van der Waals surface area contributed by atoms with Crippen molar-refractivity contribution in [3.8, 4) is 0 Å². The molecule has 2 heterocycles. The van der Waals surface area contributed by atoms with E-state index in [1.165, 1.54) is 30.1 Å². The van der Waals surface area contributed by atoms with E-state index in [1.807, 2.05) is 12.3 Å². The summed E-state index contributed by atoms with van der Waals surface area (Å²) in [7, 11) is 0. The normalized spacial score (nSPS) is 10.3. The number of amides is 1. The molecule has 0 aromatic carbocycles. The maximum Gasteiger partial charge on any atom is 0.335 e. The summed E-state index contributed by atoms with van der Waals surface area (Å²) in [6.45, 7) is 1.94. The number of aromatic nitrogens is 2. The maximum atomic E-state index is 11.8. The number of aryl methyl sites for hydroxylation is 1. The predicted molar refractivity (Wildman–Crippen MR) is 82.8 cm³/mol. The number of nitrogens with one attached hydrogen (secondary N) is 1. The van der Waals surface area contributed by atoms with E-state index in [1.54, 1.807) is 11.3 Å². The minimum atomic E-state index is -1.05. The third-order valence-corrected chi connectivity index (χ3v) is 4.21. The fourth-order valence-electron chi connectivity index (χ4n) is 1.53. The maximum absolute atomic E-state index is 11.8. The highest BCUT2D eigenvalue weighted by molar-refractivity contribution is 7.99. The van der Waals surface area contributed by atoms with Gasteiger partial charge < -0.3 is 10.4 Å². The van der Waals surface area contributed by atoms with E-state index < -0.39 is 5.97 Å². The average Bonchev–Trinajstić information content (AvgIpc) is 2.84. The van der Waals surface area contributed by atoms with E-state index in [0.29, 0.717) is 5.75 Å². The molecule has 0 aliphatic heterocycles. The zero-order valence-corrected chi connectivity index (χ0v) is 12.8. The molecule has 2 aromatic rings. The summed E-state index contributed by atoms with van der Waals surface area (Å²) in [5.41, 5.74) is 1.05. The molecule has 21 heavy (non-hydrogen) atoms. The van der Waals surface area contributed by atoms with E-state index in [9.17, 15) is 9.59 Å². The van der Waals surface area contributed by atoms with E-state index in [4.69, 9.17) is 5.11 Å². The summed E-state index contributed by atoms with van der Waals surface area (Å²) in [6.07, 6.45) is 1.35. The molecule has 0 aliphatic rings. The molecule has 0 atom stereocenters. The van der Waals surface area contributed by atoms with Gasteiger partial charge in [0, 0.05) is 17.3 Å². The smallest absolute Gasteiger partial charge is 0.335 e. The SMILES string of the molecule is Cc1nc(CSCC(=O)Nc2cc(C(=O)O)ccn2)cs1. The van der Waals surface area contributed by atoms with Crippen molar-refractivity contribution in [2.75, 3.05) is 11.1 Å². The van der Waals surface area contributed by atoms with Gasteiger partial charge in [0.2, 0.25) is 5.91 Å². The summed E-state index contributed by atoms with van der Waals surface area (Å²) >= 11 is 3.03. The van der Waals surface area contributed by atoms with Crippen molar-refractivity contribution in [3.63, 3.8) is 0 Å². The summed E-state index contributed by atoms with van der Waals surface area (Å²) in [5.74, 6) is -0.108. The molecular weight excluding hydrogens is 310 g/mol. The topological polar surface area (TPSA) is 92.2 Å². The van der Waals surface area contributed by atoms with Crippen molar-refractivity contribution in [1.29, 1.82) is 0 Å². The number of hydrogen-bond donors (Lipinski definition) is 2. The van der Waals surface area contributed by atoms with Crippen LogP contribution in [-0.4, -0.2) is 32.7 Å². The highest BCUT2D eigenvalue weighted by atomic mass is 32.2. The first-order chi connectivity index (χ1) is 10.0. The molecule has 1 amide bonds. The zero-order valence-electron chi connectivity index (χ0n) is 11.2. The number of thiazole rings is 1. The fourth-order valence-corrected chi connectivity index (χ4v) is 2.97. The Hall–Kier alpha value is -1.93. The van der Waals surface area contributed by atoms with Crippen LogP contribution in [0.15, 0.2) is 23.7 Å². The van der Waals surface area contributed by atoms with E-state index >= 15 is 0 Å². The van der Waals surface area contributed by atoms with Gasteiger partial charge >= 0.3 is 5.97 Å². The van der Waals surface area contributed by atoms with Gasteiger partial charge in [0.1, 0.15) is 5.82 Å². The molecule has 2 N–H and O–H groups in total. The summed E-state index contributed by atoms with van der Waals surface area (Å²) in [6, 6.07) is 2.70. The van der Waals surface area contributed by atoms with Crippen molar-refractivity contribution in [3.05, 3.63) is 40.0 Å². The van der Waals surface area contributed by atoms with Gasteiger partial charge in [-0.3, -0.25) is 4.79 Å². The Balaban J connectivity index is 1.81. The largest absolute Gasteiger partial charge is 0.478 e. The van der Waals surface area contributed by atoms with Crippen LogP contribution in [0.5, 0.6) is 0 Å². The molecule has 0 bridgehead atoms. The zero-order chi connectivity index (χ0) is 15.2. The highest BCUT2D eigenvalue weighted by Gasteiger charge is 2.08. The predicted octanol–water partition coefficient (Wildman–Crippen LogP) is 2.42. The number of carbonyl (C=O) groups excluding carboxylic acids is 1. The molecule has 0 radical (unpaired) electrons. The first-order valence-corrected chi connectivity index (χ1v) is 8.06. The van der Waals surface area contributed by atoms with Crippen molar-refractivity contribution in [2.24, 2.45) is 0 Å². The number of carboxylic acid groups (broad SMARTS) is 1. The van der Waals surface area contributed by atoms with Crippen molar-refractivity contribution in [2.45, 2.75) is 12.7 Å². The number of hydrogen-bond acceptors (Lipinski definition) is 6. The van der Waals surface area contributed by atoms with E-state index in [2.05, 4.69) is 15.3 Å². The molecule has 2 aromatic heterocycles. The Morgan fingerprint density at radius 3 is 2.95 bits per heavy atom. The molecule has 0 unspecified atom stereocenters. The van der Waals surface area contributed by atoms with Crippen LogP contribution >= 0.6 is 23.1 Å². The lowest BCUT2D eigenvalue weighted by Crippen LogP contribution is -2.15. The van der Waals surface area contributed by atoms with Crippen molar-refractivity contribution in [1.82, 2.24) is 9.97 Å². The molecule has 8 heteroatoms. The summed E-state index contributed by atoms with van der Waals surface area (Å²) in [4.78, 5) is 30.8. The molecular formula is C13H13N3O3S2. The van der Waals surface area contributed by atoms with Crippen LogP contribution in [0.2, 0.25) is 0 Å². The van der Waals surface area contributed by atoms with E-state index in [-0.39, 0.29) is 23.0 Å². The molecule has 6 nitrogen and oxygen atoms in total. The van der Waals surface area contributed by atoms with Gasteiger partial charge in [-0.2, -0.15) is 0 Å². The van der Waals surface area contributed by atoms with Gasteiger partial charge in [-0.15, -0.1) is 23.1 Å². The monoisotopic (exact) mass is 323 g/mol. The molecule has 0 saturated carbocycles. The van der Waals surface area contributed by atoms with Crippen molar-refractivity contribution >= 4 is 40.8 Å². The number of carbonyl (C=O) groups is 2. The second-order valence-electron chi connectivity index (χ2n) is 4.13. The van der Waals surface area contributed by atoms with Crippen LogP contribution in [0.1, 0.15) is 21.1 Å². The van der Waals surface area contributed by atoms with Crippen molar-refractivity contribution < 1.29 is 14.7 Å². The molecule has 0 aliphatic carbocycles. The van der Waals surface area contributed by atoms with Crippen LogP contribution < -0.4 is 5.32 Å². The third-order valence-electron chi connectivity index (χ3n) is 2.42. The van der Waals surface area contributed by atoms with Gasteiger partial charge in [0.25, 0.3) is 0 Å². The Kier molecular flexibility index (Phi) is 5.29. The molecule has 0 saturated heterocycles. The second-order valence-corrected chi connectivity index (χ2v) is 6.18. The van der Waals surface area contributed by atoms with Gasteiger partial charge in [-0.25, -0.2) is 14.8 Å². The van der Waals surface area contributed by atoms with E-state index in [0.717, 1.165) is 10.7 Å². The number of aromatic carboxylic acids is 1. The number of carboxylic acids is 1. The Morgan fingerprint density at radius 2 is 2.29 bits per heavy atom. The average molecular weight is 323 g/mol. The fraction of sp³-hybridized carbons (Fsp3) is 0.231. The quantitative estimate of drug-likeness (QED) is 0.848. The van der Waals surface area contributed by atoms with Gasteiger partial charge in [-0.1, -0.05) is 0 Å². The highest BCUT2D eigenvalue weighted by Crippen LogP contribution is 2.15. The lowest BCUT2D eigenvalue weighted by atomic mass is 10.2. The van der Waals surface area contributed by atoms with Crippen LogP contribution in [0.4, 0.5) is 5.82 Å². The van der Waals surface area contributed by atoms with Crippen LogP contribution in [0, 0.1) is 6.92 Å². The molecule has 0 fully saturated rings. The molecule has 0 spiro atoms. The number of thioether (sulfide) groups is 1. The second kappa shape index (κ2) is 7.19. The lowest BCUT2D eigenvalue weighted by Gasteiger charge is -2.04. The van der Waals surface area contributed by atoms with Crippen LogP contribution in [-0.2, 0) is 10.5 Å². The first kappa shape index (κ1) is 15.5. The Morgan fingerprint density at radius 1 is 1.48 bits per heavy atom. The Bertz CT molecular complexity index is 658. The first-order valence-electron chi connectivity index (χ1n) is 6.02. The molecule has 2 rings (SSSR count). The number of nitrogens with zero attached hydrogens (tertiary/aromatic N) is 2. The Labute approximate surface area is 129 Å². The number of pyridine rings is 1. The number of rotatable bonds is 6. The van der Waals surface area contributed by atoms with Gasteiger partial charge in [0.05, 0.1) is 22.0 Å². The van der Waals surface area contributed by atoms with Gasteiger partial charge in [0.15, 0.2) is 0 Å². The standard InChI is InChI=1S/C13H13N3O3S2/c1-8-15-10(6-21-8)5-20-7-12(17)16-11-4-9(13(18)19)2-3-14-11/h2-4,6H,5,7H2,1H3,(H,18,19)(H,14,16,17). The van der Waals surface area contributed by atoms with Crippen LogP contribution in [0.25, 0.3) is 0 Å².